The number of ether oxygens (including phenoxy) is 3. The Hall–Kier alpha value is -2.42. The van der Waals surface area contributed by atoms with E-state index in [0.29, 0.717) is 30.1 Å². The first-order valence-corrected chi connectivity index (χ1v) is 7.08. The highest BCUT2D eigenvalue weighted by Gasteiger charge is 2.17. The molecule has 0 aliphatic heterocycles. The van der Waals surface area contributed by atoms with Crippen LogP contribution < -0.4 is 19.5 Å². The zero-order chi connectivity index (χ0) is 16.5. The average Bonchev–Trinajstić information content (AvgIpc) is 2.56. The number of amides is 1. The summed E-state index contributed by atoms with van der Waals surface area (Å²) in [6.07, 6.45) is 1.34. The minimum Gasteiger partial charge on any atom is -0.493 e. The van der Waals surface area contributed by atoms with E-state index in [1.54, 1.807) is 20.3 Å². The number of benzene rings is 1. The number of methoxy groups -OCH3 is 3. The highest BCUT2D eigenvalue weighted by molar-refractivity contribution is 5.77. The molecular formula is C16H22N2O4. The minimum atomic E-state index is -0.445. The third-order valence-electron chi connectivity index (χ3n) is 3.31. The second-order valence-corrected chi connectivity index (χ2v) is 4.65. The molecule has 0 unspecified atom stereocenters. The highest BCUT2D eigenvalue weighted by atomic mass is 16.5. The van der Waals surface area contributed by atoms with Gasteiger partial charge in [-0.2, -0.15) is 5.26 Å². The van der Waals surface area contributed by atoms with Crippen molar-refractivity contribution in [3.05, 3.63) is 17.7 Å². The third-order valence-corrected chi connectivity index (χ3v) is 3.31. The van der Waals surface area contributed by atoms with Crippen LogP contribution in [0.4, 0.5) is 0 Å². The van der Waals surface area contributed by atoms with Gasteiger partial charge in [-0.15, -0.1) is 0 Å². The Labute approximate surface area is 131 Å². The molecule has 1 N–H and O–H groups in total. The number of nitrogens with one attached hydrogen (secondary N) is 1. The first-order chi connectivity index (χ1) is 10.6. The molecule has 1 atom stereocenters. The van der Waals surface area contributed by atoms with Crippen molar-refractivity contribution >= 4 is 5.91 Å². The molecule has 22 heavy (non-hydrogen) atoms. The molecule has 0 radical (unpaired) electrons. The summed E-state index contributed by atoms with van der Waals surface area (Å²) < 4.78 is 15.9. The van der Waals surface area contributed by atoms with Crippen molar-refractivity contribution in [1.82, 2.24) is 5.32 Å². The number of aryl methyl sites for hydroxylation is 1. The molecule has 1 aromatic carbocycles. The Balaban J connectivity index is 2.82. The number of hydrogen-bond acceptors (Lipinski definition) is 5. The van der Waals surface area contributed by atoms with Crippen LogP contribution in [0.1, 0.15) is 25.3 Å². The first kappa shape index (κ1) is 17.6. The molecule has 0 saturated heterocycles. The lowest BCUT2D eigenvalue weighted by Crippen LogP contribution is -2.33. The zero-order valence-corrected chi connectivity index (χ0v) is 13.4. The third kappa shape index (κ3) is 4.29. The normalized spacial score (nSPS) is 11.2. The number of hydrogen-bond donors (Lipinski definition) is 1. The summed E-state index contributed by atoms with van der Waals surface area (Å²) in [4.78, 5) is 11.9. The molecule has 6 nitrogen and oxygen atoms in total. The van der Waals surface area contributed by atoms with E-state index < -0.39 is 6.04 Å². The number of carbonyl (C=O) groups excluding carboxylic acids is 1. The van der Waals surface area contributed by atoms with Gasteiger partial charge in [0.2, 0.25) is 11.7 Å². The second kappa shape index (κ2) is 8.78. The van der Waals surface area contributed by atoms with Crippen molar-refractivity contribution in [3.63, 3.8) is 0 Å². The maximum absolute atomic E-state index is 11.9. The van der Waals surface area contributed by atoms with Crippen molar-refractivity contribution in [3.8, 4) is 23.3 Å². The Morgan fingerprint density at radius 2 is 1.91 bits per heavy atom. The fourth-order valence-corrected chi connectivity index (χ4v) is 2.10. The molecule has 1 amide bonds. The number of rotatable bonds is 8. The van der Waals surface area contributed by atoms with Crippen LogP contribution in [0.2, 0.25) is 0 Å². The lowest BCUT2D eigenvalue weighted by Gasteiger charge is -2.16. The first-order valence-electron chi connectivity index (χ1n) is 7.08. The van der Waals surface area contributed by atoms with E-state index in [9.17, 15) is 4.79 Å². The van der Waals surface area contributed by atoms with Crippen molar-refractivity contribution in [2.24, 2.45) is 0 Å². The predicted molar refractivity (Wildman–Crippen MR) is 82.3 cm³/mol. The van der Waals surface area contributed by atoms with E-state index in [1.165, 1.54) is 7.11 Å². The summed E-state index contributed by atoms with van der Waals surface area (Å²) in [6, 6.07) is 5.22. The Bertz CT molecular complexity index is 552. The van der Waals surface area contributed by atoms with Gasteiger partial charge in [-0.25, -0.2) is 0 Å². The molecular weight excluding hydrogens is 284 g/mol. The molecule has 0 heterocycles. The molecule has 0 aliphatic rings. The topological polar surface area (TPSA) is 80.6 Å². The summed E-state index contributed by atoms with van der Waals surface area (Å²) in [5.74, 6) is 1.47. The van der Waals surface area contributed by atoms with Gasteiger partial charge in [0.25, 0.3) is 0 Å². The van der Waals surface area contributed by atoms with Gasteiger partial charge in [0, 0.05) is 6.42 Å². The zero-order valence-electron chi connectivity index (χ0n) is 13.4. The van der Waals surface area contributed by atoms with Gasteiger partial charge in [0.05, 0.1) is 27.4 Å². The van der Waals surface area contributed by atoms with E-state index >= 15 is 0 Å². The summed E-state index contributed by atoms with van der Waals surface area (Å²) in [6.45, 7) is 1.85. The van der Waals surface area contributed by atoms with Crippen LogP contribution in [-0.2, 0) is 11.2 Å². The number of carbonyl (C=O) groups is 1. The molecule has 1 aromatic rings. The summed E-state index contributed by atoms with van der Waals surface area (Å²) in [5.41, 5.74) is 0.848. The SMILES string of the molecule is CC[C@@H](C#N)NC(=O)CCc1ccc(OC)c(OC)c1OC. The van der Waals surface area contributed by atoms with Gasteiger partial charge in [0.1, 0.15) is 6.04 Å². The van der Waals surface area contributed by atoms with Crippen LogP contribution in [0.25, 0.3) is 0 Å². The average molecular weight is 306 g/mol. The Morgan fingerprint density at radius 1 is 1.23 bits per heavy atom. The van der Waals surface area contributed by atoms with Gasteiger partial charge in [-0.3, -0.25) is 4.79 Å². The van der Waals surface area contributed by atoms with Gasteiger partial charge < -0.3 is 19.5 Å². The number of nitrogens with zero attached hydrogens (tertiary/aromatic N) is 1. The summed E-state index contributed by atoms with van der Waals surface area (Å²) in [5, 5.41) is 11.5. The fourth-order valence-electron chi connectivity index (χ4n) is 2.10. The van der Waals surface area contributed by atoms with E-state index in [-0.39, 0.29) is 12.3 Å². The van der Waals surface area contributed by atoms with Crippen molar-refractivity contribution < 1.29 is 19.0 Å². The van der Waals surface area contributed by atoms with Gasteiger partial charge in [0.15, 0.2) is 11.5 Å². The van der Waals surface area contributed by atoms with Crippen molar-refractivity contribution in [2.45, 2.75) is 32.2 Å². The molecule has 6 heteroatoms. The minimum absolute atomic E-state index is 0.162. The van der Waals surface area contributed by atoms with E-state index in [0.717, 1.165) is 5.56 Å². The highest BCUT2D eigenvalue weighted by Crippen LogP contribution is 2.40. The molecule has 0 saturated carbocycles. The standard InChI is InChI=1S/C16H22N2O4/c1-5-12(10-17)18-14(19)9-7-11-6-8-13(20-2)16(22-4)15(11)21-3/h6,8,12H,5,7,9H2,1-4H3,(H,18,19)/t12-/m0/s1. The monoisotopic (exact) mass is 306 g/mol. The van der Waals surface area contributed by atoms with Crippen LogP contribution in [0.5, 0.6) is 17.2 Å². The predicted octanol–water partition coefficient (Wildman–Crippen LogP) is 2.06. The quantitative estimate of drug-likeness (QED) is 0.795. The largest absolute Gasteiger partial charge is 0.493 e. The van der Waals surface area contributed by atoms with Crippen LogP contribution in [0, 0.1) is 11.3 Å². The molecule has 0 aromatic heterocycles. The maximum atomic E-state index is 11.9. The Morgan fingerprint density at radius 3 is 2.41 bits per heavy atom. The van der Waals surface area contributed by atoms with Crippen LogP contribution >= 0.6 is 0 Å². The summed E-state index contributed by atoms with van der Waals surface area (Å²) in [7, 11) is 4.64. The smallest absolute Gasteiger partial charge is 0.221 e. The lowest BCUT2D eigenvalue weighted by atomic mass is 10.1. The van der Waals surface area contributed by atoms with Gasteiger partial charge in [-0.05, 0) is 24.5 Å². The van der Waals surface area contributed by atoms with Gasteiger partial charge in [-0.1, -0.05) is 13.0 Å². The molecule has 0 spiro atoms. The number of nitriles is 1. The lowest BCUT2D eigenvalue weighted by molar-refractivity contribution is -0.121. The Kier molecular flexibility index (Phi) is 7.03. The fraction of sp³-hybridized carbons (Fsp3) is 0.500. The van der Waals surface area contributed by atoms with E-state index in [1.807, 2.05) is 19.1 Å². The molecule has 1 rings (SSSR count). The van der Waals surface area contributed by atoms with Crippen LogP contribution in [-0.4, -0.2) is 33.3 Å². The van der Waals surface area contributed by atoms with E-state index in [2.05, 4.69) is 5.32 Å². The molecule has 0 aliphatic carbocycles. The second-order valence-electron chi connectivity index (χ2n) is 4.65. The van der Waals surface area contributed by atoms with Crippen molar-refractivity contribution in [2.75, 3.05) is 21.3 Å². The molecule has 0 bridgehead atoms. The van der Waals surface area contributed by atoms with Crippen LogP contribution in [0.15, 0.2) is 12.1 Å². The van der Waals surface area contributed by atoms with Gasteiger partial charge >= 0.3 is 0 Å². The van der Waals surface area contributed by atoms with E-state index in [4.69, 9.17) is 19.5 Å². The molecule has 0 fully saturated rings. The molecule has 120 valence electrons. The maximum Gasteiger partial charge on any atom is 0.221 e. The van der Waals surface area contributed by atoms with Crippen LogP contribution in [0.3, 0.4) is 0 Å². The summed E-state index contributed by atoms with van der Waals surface area (Å²) >= 11 is 0. The van der Waals surface area contributed by atoms with Crippen molar-refractivity contribution in [1.29, 1.82) is 5.26 Å².